The molecule has 588 valence electrons. The number of aryl methyl sites for hydroxylation is 2. The molecule has 17 rings (SSSR count). The van der Waals surface area contributed by atoms with E-state index in [9.17, 15) is 0 Å². The zero-order valence-electron chi connectivity index (χ0n) is 73.7. The molecule has 0 spiro atoms. The van der Waals surface area contributed by atoms with Crippen molar-refractivity contribution >= 4 is 66.5 Å². The van der Waals surface area contributed by atoms with Crippen LogP contribution < -0.4 is 37.7 Å². The van der Waals surface area contributed by atoms with Crippen molar-refractivity contribution in [3.63, 3.8) is 0 Å². The van der Waals surface area contributed by atoms with Crippen molar-refractivity contribution in [2.45, 2.75) is 352 Å². The molecule has 0 amide bonds. The molecule has 10 fully saturated rings. The van der Waals surface area contributed by atoms with Crippen molar-refractivity contribution in [3.05, 3.63) is 138 Å². The fourth-order valence-electron chi connectivity index (χ4n) is 28.9. The molecule has 25 unspecified atom stereocenters. The number of hydrogen-bond acceptors (Lipinski definition) is 0. The maximum Gasteiger partial charge on any atom is 1.00 e. The van der Waals surface area contributed by atoms with Crippen LogP contribution in [-0.2, 0) is 33.7 Å². The van der Waals surface area contributed by atoms with E-state index in [1.165, 1.54) is 83.8 Å². The first kappa shape index (κ1) is 92.3. The molecule has 0 nitrogen and oxygen atoms in total. The summed E-state index contributed by atoms with van der Waals surface area (Å²) < 4.78 is 0. The first-order valence-corrected chi connectivity index (χ1v) is 64.7. The molecule has 0 aromatic heterocycles. The summed E-state index contributed by atoms with van der Waals surface area (Å²) in [4.78, 5) is 0. The van der Waals surface area contributed by atoms with Crippen LogP contribution >= 0.6 is 17.0 Å². The summed E-state index contributed by atoms with van der Waals surface area (Å²) in [6, 6.07) is 23.3. The van der Waals surface area contributed by atoms with Gasteiger partial charge in [-0.15, -0.1) is 0 Å². The minimum Gasteiger partial charge on any atom is 1.00 e. The van der Waals surface area contributed by atoms with Crippen LogP contribution in [-0.4, -0.2) is 32.3 Å². The first-order valence-electron chi connectivity index (χ1n) is 45.3. The van der Waals surface area contributed by atoms with E-state index in [0.717, 1.165) is 94.7 Å². The van der Waals surface area contributed by atoms with Gasteiger partial charge in [-0.1, -0.05) is 315 Å². The van der Waals surface area contributed by atoms with Gasteiger partial charge < -0.3 is 14.9 Å². The number of allylic oxidation sites excluding steroid dienone is 5. The average Bonchev–Trinajstić information content (AvgIpc) is 1.60. The second-order valence-corrected chi connectivity index (χ2v) is 66.1. The zero-order valence-corrected chi connectivity index (χ0v) is 81.7. The number of halogens is 2. The third-order valence-corrected chi connectivity index (χ3v) is 52.2. The Morgan fingerprint density at radius 3 is 1.21 bits per heavy atom. The predicted octanol–water partition coefficient (Wildman–Crippen LogP) is 25.8. The number of hydrogen-bond donors (Lipinski definition) is 0. The summed E-state index contributed by atoms with van der Waals surface area (Å²) in [5.74, 6) is 19.1. The van der Waals surface area contributed by atoms with E-state index in [2.05, 4.69) is 199 Å². The summed E-state index contributed by atoms with van der Waals surface area (Å²) in [6.45, 7) is 43.8. The molecule has 0 saturated heterocycles. The van der Waals surface area contributed by atoms with Crippen LogP contribution in [0.2, 0.25) is 81.1 Å². The molecule has 14 aliphatic carbocycles. The molecule has 10 saturated carbocycles. The fraction of sp³-hybridized carbons (Fsp3) is 0.737. The van der Waals surface area contributed by atoms with E-state index in [4.69, 9.17) is 17.0 Å². The quantitative estimate of drug-likeness (QED) is 0.105. The normalized spacial score (nSPS) is 35.1. The molecule has 0 N–H and O–H groups in total. The van der Waals surface area contributed by atoms with Crippen LogP contribution in [0.1, 0.15) is 303 Å². The Labute approximate surface area is 715 Å². The first-order chi connectivity index (χ1) is 49.9. The Balaban J connectivity index is 0.000000164. The largest absolute Gasteiger partial charge is 1.00 e. The van der Waals surface area contributed by atoms with Gasteiger partial charge in [0.2, 0.25) is 0 Å². The van der Waals surface area contributed by atoms with Crippen molar-refractivity contribution in [2.75, 3.05) is 0 Å². The molecule has 25 atom stereocenters. The minimum absolute atomic E-state index is 0. The third kappa shape index (κ3) is 18.7. The fourth-order valence-corrected chi connectivity index (χ4v) is 45.2. The predicted molar refractivity (Wildman–Crippen MR) is 477 cm³/mol. The molecule has 3 aromatic rings. The van der Waals surface area contributed by atoms with Crippen LogP contribution in [0, 0.1) is 121 Å². The Bertz CT molecular complexity index is 3360. The van der Waals surface area contributed by atoms with Gasteiger partial charge in [-0.25, -0.2) is 0 Å². The summed E-state index contributed by atoms with van der Waals surface area (Å²) in [5.41, 5.74) is 22.4. The standard InChI is InChI=1S/2C27H48Si.C27H32Si.C16H24Si.2CH3.2ClH.2Li.Zr/c3*1-5-18(2)24-17-27(23-12-7-6-11-22(23)24)28(3,4)26-14-13-21-15-19-9-8-10-20(19)16-25(21)26;1-6-12(2)15-11-16(17(3,4)5)14-10-8-7-9-13(14)15;;;;;;;/h2*18-27H,5-17H2,1-4H3;6-7,11-18,26-27H,5,8-10H2,1-4H3;7-12,16H,6H2,1-5H3;2*1H3;2*1H;;;/q;;;;2*-1;;;2*+1;+4/p-2. The zero-order chi connectivity index (χ0) is 73.7. The number of benzene rings is 3. The van der Waals surface area contributed by atoms with Gasteiger partial charge in [0.05, 0.1) is 32.3 Å². The maximum atomic E-state index is 4.93. The van der Waals surface area contributed by atoms with E-state index >= 15 is 0 Å². The van der Waals surface area contributed by atoms with Gasteiger partial charge in [-0.05, 0) is 284 Å². The van der Waals surface area contributed by atoms with E-state index in [1.807, 2.05) is 0 Å². The van der Waals surface area contributed by atoms with Gasteiger partial charge in [0, 0.05) is 0 Å². The van der Waals surface area contributed by atoms with Crippen molar-refractivity contribution in [2.24, 2.45) is 107 Å². The van der Waals surface area contributed by atoms with E-state index < -0.39 is 53.1 Å². The van der Waals surface area contributed by atoms with E-state index in [0.29, 0.717) is 28.5 Å². The SMILES string of the molecule is CCC(C)C1=CC([Si](C)(C)C)c2ccccc21.CCC(C)C1=CC([Si](C)(C)C2C=Cc3cc4c(cc32)CCC4)c2ccccc21.CCC(C)C1CC([Si](C)(C)C2CCC3CC4CCCC4CC32)C2CCCCC12.CCC(C)C1CC([Si](C)(C)C2CCC3CC4CCCC4CC32)C2CCCCC12.[CH3-].[CH3-].[Cl][Zr+2][Cl].[Li+].[Li+]. The van der Waals surface area contributed by atoms with Gasteiger partial charge in [0.25, 0.3) is 0 Å². The molecule has 0 radical (unpaired) electrons. The number of rotatable bonds is 15. The molecule has 0 aliphatic heterocycles. The van der Waals surface area contributed by atoms with Crippen LogP contribution in [0.4, 0.5) is 0 Å². The molecule has 3 aromatic carbocycles. The van der Waals surface area contributed by atoms with E-state index in [1.54, 1.807) is 193 Å². The Kier molecular flexibility index (Phi) is 33.8. The molecular formula is C99H158Cl2Li2Si4Zr+2. The van der Waals surface area contributed by atoms with Gasteiger partial charge in [-0.3, -0.25) is 0 Å². The van der Waals surface area contributed by atoms with Gasteiger partial charge in [0.1, 0.15) is 0 Å². The Morgan fingerprint density at radius 1 is 0.389 bits per heavy atom. The Morgan fingerprint density at radius 2 is 0.787 bits per heavy atom. The monoisotopic (exact) mass is 1630 g/mol. The van der Waals surface area contributed by atoms with E-state index in [-0.39, 0.29) is 52.6 Å². The van der Waals surface area contributed by atoms with Gasteiger partial charge in [0.15, 0.2) is 0 Å². The minimum atomic E-state index is -1.64. The third-order valence-electron chi connectivity index (χ3n) is 35.3. The van der Waals surface area contributed by atoms with Crippen LogP contribution in [0.5, 0.6) is 0 Å². The Hall–Kier alpha value is 0.405. The van der Waals surface area contributed by atoms with Crippen molar-refractivity contribution in [1.29, 1.82) is 0 Å². The molecule has 14 aliphatic rings. The molecule has 0 heterocycles. The summed E-state index contributed by atoms with van der Waals surface area (Å²) in [7, 11) is 4.68. The van der Waals surface area contributed by atoms with Gasteiger partial charge in [-0.2, -0.15) is 0 Å². The smallest absolute Gasteiger partial charge is 1.00 e. The molecule has 9 heteroatoms. The summed E-state index contributed by atoms with van der Waals surface area (Å²) in [6.07, 6.45) is 57.8. The van der Waals surface area contributed by atoms with Crippen molar-refractivity contribution in [1.82, 2.24) is 0 Å². The molecular weight excluding hydrogens is 1480 g/mol. The second kappa shape index (κ2) is 39.5. The van der Waals surface area contributed by atoms with Gasteiger partial charge >= 0.3 is 75.6 Å². The topological polar surface area (TPSA) is 0 Å². The average molecular weight is 1640 g/mol. The maximum absolute atomic E-state index is 4.93. The van der Waals surface area contributed by atoms with Crippen molar-refractivity contribution < 1.29 is 58.6 Å². The van der Waals surface area contributed by atoms with Crippen LogP contribution in [0.15, 0.2) is 78.9 Å². The van der Waals surface area contributed by atoms with Crippen LogP contribution in [0.25, 0.3) is 17.2 Å². The number of fused-ring (bicyclic) bond motifs is 10. The van der Waals surface area contributed by atoms with Crippen LogP contribution in [0.3, 0.4) is 0 Å². The van der Waals surface area contributed by atoms with Crippen molar-refractivity contribution in [3.8, 4) is 0 Å². The summed E-state index contributed by atoms with van der Waals surface area (Å²) >= 11 is -0.826. The molecule has 0 bridgehead atoms. The second-order valence-electron chi connectivity index (χ2n) is 41.9. The summed E-state index contributed by atoms with van der Waals surface area (Å²) in [5, 5.41) is 0. The molecule has 108 heavy (non-hydrogen) atoms.